The van der Waals surface area contributed by atoms with Gasteiger partial charge in [0.25, 0.3) is 5.91 Å². The summed E-state index contributed by atoms with van der Waals surface area (Å²) >= 11 is 0. The molecular formula is C26H23N7O3. The van der Waals surface area contributed by atoms with Gasteiger partial charge in [-0.25, -0.2) is 4.98 Å². The highest BCUT2D eigenvalue weighted by atomic mass is 16.5. The average molecular weight is 482 g/mol. The number of benzene rings is 1. The number of nitrogens with zero attached hydrogens (tertiary/aromatic N) is 6. The first-order valence-electron chi connectivity index (χ1n) is 11.5. The number of aryl methyl sites for hydroxylation is 2. The third-order valence-corrected chi connectivity index (χ3v) is 7.23. The van der Waals surface area contributed by atoms with Crippen LogP contribution in [0.25, 0.3) is 6.08 Å². The smallest absolute Gasteiger partial charge is 0.276 e. The Morgan fingerprint density at radius 3 is 2.44 bits per heavy atom. The van der Waals surface area contributed by atoms with E-state index >= 15 is 0 Å². The molecule has 3 saturated carbocycles. The first-order valence-corrected chi connectivity index (χ1v) is 11.5. The maximum absolute atomic E-state index is 13.2. The van der Waals surface area contributed by atoms with E-state index in [1.807, 2.05) is 38.1 Å². The molecule has 1 aromatic heterocycles. The van der Waals surface area contributed by atoms with E-state index in [4.69, 9.17) is 10.00 Å². The molecule has 1 atom stereocenters. The Labute approximate surface area is 208 Å². The standard InChI is InChI=1S/C26H23N7O3/c1-15-9-17(5-4-6-27)10-16(2)20(15)36-21-18-19(22(34)33(8-7-28)24(18,3)35)30-23(31-21)32-26-11-25(12-26,13-26)14-29/h4-5,9-10,35H,8,11-13H2,1-3H3,(H,30,31,32)/b5-4+. The van der Waals surface area contributed by atoms with Gasteiger partial charge in [-0.05, 0) is 74.9 Å². The quantitative estimate of drug-likeness (QED) is 0.465. The minimum Gasteiger partial charge on any atom is -0.438 e. The summed E-state index contributed by atoms with van der Waals surface area (Å²) in [4.78, 5) is 23.2. The molecule has 1 amide bonds. The number of hydrogen-bond acceptors (Lipinski definition) is 9. The SMILES string of the molecule is Cc1cc(/C=C/C#N)cc(C)c1Oc1nc(NC23CC(C#N)(C2)C3)nc2c1C(C)(O)N(CC#N)C2=O. The van der Waals surface area contributed by atoms with E-state index in [1.54, 1.807) is 6.08 Å². The molecule has 2 heterocycles. The lowest BCUT2D eigenvalue weighted by molar-refractivity contribution is -0.0665. The van der Waals surface area contributed by atoms with Gasteiger partial charge in [0, 0.05) is 11.6 Å². The van der Waals surface area contributed by atoms with Crippen LogP contribution in [0.15, 0.2) is 18.2 Å². The summed E-state index contributed by atoms with van der Waals surface area (Å²) < 4.78 is 6.26. The number of aliphatic hydroxyl groups is 1. The van der Waals surface area contributed by atoms with E-state index < -0.39 is 11.6 Å². The summed E-state index contributed by atoms with van der Waals surface area (Å²) in [6, 6.07) is 9.94. The number of nitriles is 3. The zero-order valence-corrected chi connectivity index (χ0v) is 20.1. The van der Waals surface area contributed by atoms with Crippen molar-refractivity contribution in [1.82, 2.24) is 14.9 Å². The monoisotopic (exact) mass is 481 g/mol. The molecule has 0 radical (unpaired) electrons. The third kappa shape index (κ3) is 3.37. The number of aromatic nitrogens is 2. The molecule has 2 aromatic rings. The van der Waals surface area contributed by atoms with Crippen molar-refractivity contribution >= 4 is 17.9 Å². The van der Waals surface area contributed by atoms with Gasteiger partial charge in [-0.15, -0.1) is 0 Å². The van der Waals surface area contributed by atoms with Gasteiger partial charge in [0.05, 0.1) is 29.2 Å². The van der Waals surface area contributed by atoms with Gasteiger partial charge in [0.1, 0.15) is 18.0 Å². The molecule has 3 aliphatic carbocycles. The highest BCUT2D eigenvalue weighted by Gasteiger charge is 2.69. The number of anilines is 1. The molecule has 1 aromatic carbocycles. The predicted molar refractivity (Wildman–Crippen MR) is 127 cm³/mol. The molecule has 10 nitrogen and oxygen atoms in total. The fourth-order valence-corrected chi connectivity index (χ4v) is 5.66. The van der Waals surface area contributed by atoms with Crippen molar-refractivity contribution < 1.29 is 14.6 Å². The molecule has 3 fully saturated rings. The Morgan fingerprint density at radius 2 is 1.86 bits per heavy atom. The predicted octanol–water partition coefficient (Wildman–Crippen LogP) is 3.43. The topological polar surface area (TPSA) is 159 Å². The van der Waals surface area contributed by atoms with Crippen LogP contribution in [0.3, 0.4) is 0 Å². The van der Waals surface area contributed by atoms with E-state index in [0.717, 1.165) is 21.6 Å². The highest BCUT2D eigenvalue weighted by Crippen LogP contribution is 2.67. The summed E-state index contributed by atoms with van der Waals surface area (Å²) in [5.74, 6) is 0.0755. The lowest BCUT2D eigenvalue weighted by atomic mass is 9.40. The van der Waals surface area contributed by atoms with Crippen LogP contribution in [0, 0.1) is 53.3 Å². The van der Waals surface area contributed by atoms with Crippen molar-refractivity contribution in [2.24, 2.45) is 5.41 Å². The van der Waals surface area contributed by atoms with Gasteiger partial charge in [0.2, 0.25) is 11.8 Å². The Kier molecular flexibility index (Phi) is 5.03. The number of nitrogens with one attached hydrogen (secondary N) is 1. The first-order chi connectivity index (χ1) is 17.1. The second kappa shape index (κ2) is 7.78. The number of hydrogen-bond donors (Lipinski definition) is 2. The molecule has 180 valence electrons. The summed E-state index contributed by atoms with van der Waals surface area (Å²) in [7, 11) is 0. The molecule has 1 aliphatic heterocycles. The molecule has 0 saturated heterocycles. The minimum absolute atomic E-state index is 0.00870. The Morgan fingerprint density at radius 1 is 1.19 bits per heavy atom. The van der Waals surface area contributed by atoms with Crippen molar-refractivity contribution in [3.05, 3.63) is 46.2 Å². The molecule has 1 unspecified atom stereocenters. The summed E-state index contributed by atoms with van der Waals surface area (Å²) in [5, 5.41) is 42.0. The van der Waals surface area contributed by atoms with Crippen LogP contribution in [0.1, 0.15) is 58.9 Å². The second-order valence-electron chi connectivity index (χ2n) is 10.0. The van der Waals surface area contributed by atoms with Crippen LogP contribution >= 0.6 is 0 Å². The van der Waals surface area contributed by atoms with E-state index in [0.29, 0.717) is 25.0 Å². The molecule has 6 rings (SSSR count). The fourth-order valence-electron chi connectivity index (χ4n) is 5.66. The zero-order valence-electron chi connectivity index (χ0n) is 20.1. The number of fused-ring (bicyclic) bond motifs is 1. The van der Waals surface area contributed by atoms with Crippen molar-refractivity contribution in [3.8, 4) is 29.8 Å². The molecule has 0 spiro atoms. The van der Waals surface area contributed by atoms with Crippen molar-refractivity contribution in [2.45, 2.75) is 51.3 Å². The maximum atomic E-state index is 13.2. The van der Waals surface area contributed by atoms with Crippen molar-refractivity contribution in [3.63, 3.8) is 0 Å². The highest BCUT2D eigenvalue weighted by molar-refractivity contribution is 5.99. The summed E-state index contributed by atoms with van der Waals surface area (Å²) in [6.45, 7) is 4.77. The van der Waals surface area contributed by atoms with Crippen molar-refractivity contribution in [2.75, 3.05) is 11.9 Å². The molecule has 4 aliphatic rings. The van der Waals surface area contributed by atoms with Crippen LogP contribution in [-0.4, -0.2) is 38.0 Å². The molecule has 2 bridgehead atoms. The largest absolute Gasteiger partial charge is 0.438 e. The Bertz CT molecular complexity index is 1430. The van der Waals surface area contributed by atoms with Gasteiger partial charge in [-0.3, -0.25) is 9.69 Å². The first kappa shape index (κ1) is 23.3. The molecule has 2 N–H and O–H groups in total. The summed E-state index contributed by atoms with van der Waals surface area (Å²) in [6.07, 6.45) is 5.10. The Balaban J connectivity index is 1.58. The van der Waals surface area contributed by atoms with Gasteiger partial charge in [-0.1, -0.05) is 0 Å². The van der Waals surface area contributed by atoms with E-state index in [2.05, 4.69) is 21.4 Å². The lowest BCUT2D eigenvalue weighted by Gasteiger charge is -2.66. The van der Waals surface area contributed by atoms with Crippen LogP contribution in [0.4, 0.5) is 5.95 Å². The van der Waals surface area contributed by atoms with Gasteiger partial charge in [0.15, 0.2) is 5.72 Å². The fraction of sp³-hybridized carbons (Fsp3) is 0.385. The molecule has 36 heavy (non-hydrogen) atoms. The van der Waals surface area contributed by atoms with Gasteiger partial charge >= 0.3 is 0 Å². The van der Waals surface area contributed by atoms with E-state index in [9.17, 15) is 20.4 Å². The third-order valence-electron chi connectivity index (χ3n) is 7.23. The van der Waals surface area contributed by atoms with Crippen LogP contribution in [0.2, 0.25) is 0 Å². The maximum Gasteiger partial charge on any atom is 0.276 e. The number of ether oxygens (including phenoxy) is 1. The minimum atomic E-state index is -1.85. The second-order valence-corrected chi connectivity index (χ2v) is 10.0. The number of carbonyl (C=O) groups excluding carboxylic acids is 1. The van der Waals surface area contributed by atoms with Crippen LogP contribution in [0.5, 0.6) is 11.6 Å². The van der Waals surface area contributed by atoms with Crippen LogP contribution in [-0.2, 0) is 5.72 Å². The normalized spacial score (nSPS) is 27.4. The lowest BCUT2D eigenvalue weighted by Crippen LogP contribution is -2.70. The van der Waals surface area contributed by atoms with Gasteiger partial charge in [-0.2, -0.15) is 20.8 Å². The average Bonchev–Trinajstić information content (AvgIpc) is 2.97. The van der Waals surface area contributed by atoms with Crippen LogP contribution < -0.4 is 10.1 Å². The van der Waals surface area contributed by atoms with E-state index in [-0.39, 0.29) is 40.6 Å². The van der Waals surface area contributed by atoms with Crippen molar-refractivity contribution in [1.29, 1.82) is 15.8 Å². The summed E-state index contributed by atoms with van der Waals surface area (Å²) in [5.41, 5.74) is -0.0219. The number of rotatable bonds is 6. The Hall–Kier alpha value is -4.46. The van der Waals surface area contributed by atoms with Gasteiger partial charge < -0.3 is 15.2 Å². The number of carbonyl (C=O) groups is 1. The number of allylic oxidation sites excluding steroid dienone is 1. The van der Waals surface area contributed by atoms with E-state index in [1.165, 1.54) is 13.0 Å². The molecule has 10 heteroatoms. The number of amides is 1. The zero-order chi connectivity index (χ0) is 25.9. The molecular weight excluding hydrogens is 458 g/mol.